The van der Waals surface area contributed by atoms with Gasteiger partial charge in [-0.15, -0.1) is 0 Å². The zero-order chi connectivity index (χ0) is 17.8. The van der Waals surface area contributed by atoms with Crippen molar-refractivity contribution in [3.05, 3.63) is 93.7 Å². The van der Waals surface area contributed by atoms with E-state index in [0.29, 0.717) is 18.1 Å². The highest BCUT2D eigenvalue weighted by Crippen LogP contribution is 2.19. The lowest BCUT2D eigenvalue weighted by molar-refractivity contribution is 0.0982. The minimum atomic E-state index is -0.413. The number of nitrogens with zero attached hydrogens (tertiary/aromatic N) is 2. The van der Waals surface area contributed by atoms with Gasteiger partial charge in [-0.1, -0.05) is 48.5 Å². The van der Waals surface area contributed by atoms with Crippen LogP contribution < -0.4 is 10.5 Å². The maximum atomic E-state index is 13.2. The molecule has 25 heavy (non-hydrogen) atoms. The molecule has 0 aliphatic carbocycles. The molecule has 0 saturated carbocycles. The van der Waals surface area contributed by atoms with Gasteiger partial charge in [-0.05, 0) is 31.5 Å². The molecule has 0 saturated heterocycles. The van der Waals surface area contributed by atoms with Gasteiger partial charge in [-0.25, -0.2) is 4.98 Å². The molecule has 126 valence electrons. The molecular formula is C20H19N3O2. The predicted octanol–water partition coefficient (Wildman–Crippen LogP) is 3.23. The number of benzene rings is 2. The minimum absolute atomic E-state index is 0.0744. The highest BCUT2D eigenvalue weighted by molar-refractivity contribution is 6.06. The molecule has 5 heteroatoms. The molecule has 1 amide bonds. The van der Waals surface area contributed by atoms with Crippen LogP contribution in [-0.4, -0.2) is 15.9 Å². The van der Waals surface area contributed by atoms with Crippen LogP contribution in [-0.2, 0) is 6.54 Å². The van der Waals surface area contributed by atoms with E-state index in [0.717, 1.165) is 11.3 Å². The van der Waals surface area contributed by atoms with Crippen LogP contribution in [0.4, 0.5) is 5.69 Å². The molecule has 0 atom stereocenters. The Bertz CT molecular complexity index is 934. The van der Waals surface area contributed by atoms with Gasteiger partial charge in [-0.3, -0.25) is 9.59 Å². The molecule has 0 aliphatic rings. The fourth-order valence-electron chi connectivity index (χ4n) is 2.77. The van der Waals surface area contributed by atoms with E-state index in [1.54, 1.807) is 18.7 Å². The first-order valence-electron chi connectivity index (χ1n) is 8.04. The van der Waals surface area contributed by atoms with Crippen LogP contribution in [0.1, 0.15) is 27.4 Å². The van der Waals surface area contributed by atoms with Crippen molar-refractivity contribution in [1.82, 2.24) is 9.97 Å². The van der Waals surface area contributed by atoms with E-state index in [-0.39, 0.29) is 11.5 Å². The van der Waals surface area contributed by atoms with E-state index >= 15 is 0 Å². The van der Waals surface area contributed by atoms with Crippen molar-refractivity contribution in [2.24, 2.45) is 0 Å². The highest BCUT2D eigenvalue weighted by Gasteiger charge is 2.23. The second kappa shape index (κ2) is 7.13. The number of amides is 1. The summed E-state index contributed by atoms with van der Waals surface area (Å²) in [7, 11) is 0. The number of H-pyrrole nitrogens is 1. The number of aryl methyl sites for hydroxylation is 2. The molecule has 0 aliphatic heterocycles. The topological polar surface area (TPSA) is 66.1 Å². The number of carbonyl (C=O) groups is 1. The quantitative estimate of drug-likeness (QED) is 0.797. The van der Waals surface area contributed by atoms with Crippen molar-refractivity contribution >= 4 is 11.6 Å². The van der Waals surface area contributed by atoms with Crippen molar-refractivity contribution in [1.29, 1.82) is 0 Å². The molecule has 2 aromatic carbocycles. The molecule has 0 radical (unpaired) electrons. The van der Waals surface area contributed by atoms with Crippen LogP contribution in [0.5, 0.6) is 0 Å². The lowest BCUT2D eigenvalue weighted by atomic mass is 10.1. The maximum Gasteiger partial charge on any atom is 0.266 e. The number of rotatable bonds is 4. The Balaban J connectivity index is 2.06. The van der Waals surface area contributed by atoms with Crippen LogP contribution in [0.2, 0.25) is 0 Å². The number of nitrogens with one attached hydrogen (secondary N) is 1. The lowest BCUT2D eigenvalue weighted by Crippen LogP contribution is -2.36. The van der Waals surface area contributed by atoms with Gasteiger partial charge in [0.1, 0.15) is 11.4 Å². The van der Waals surface area contributed by atoms with Crippen LogP contribution in [0.15, 0.2) is 65.5 Å². The van der Waals surface area contributed by atoms with Crippen LogP contribution in [0.3, 0.4) is 0 Å². The standard InChI is InChI=1S/C20H19N3O2/c1-14-18(19(24)22-15(2)21-14)20(25)23(17-11-7-4-8-12-17)13-16-9-5-3-6-10-16/h3-12H,13H2,1-2H3,(H,21,22,24). The molecule has 0 bridgehead atoms. The maximum absolute atomic E-state index is 13.2. The van der Waals surface area contributed by atoms with Crippen LogP contribution in [0.25, 0.3) is 0 Å². The molecule has 1 heterocycles. The summed E-state index contributed by atoms with van der Waals surface area (Å²) in [6, 6.07) is 19.0. The van der Waals surface area contributed by atoms with Gasteiger partial charge >= 0.3 is 0 Å². The third-order valence-corrected chi connectivity index (χ3v) is 3.93. The van der Waals surface area contributed by atoms with Crippen molar-refractivity contribution in [2.45, 2.75) is 20.4 Å². The van der Waals surface area contributed by atoms with Crippen LogP contribution >= 0.6 is 0 Å². The molecule has 3 rings (SSSR count). The smallest absolute Gasteiger partial charge is 0.266 e. The van der Waals surface area contributed by atoms with Crippen molar-refractivity contribution in [2.75, 3.05) is 4.90 Å². The summed E-state index contributed by atoms with van der Waals surface area (Å²) in [5.41, 5.74) is 1.80. The number of anilines is 1. The molecule has 1 N–H and O–H groups in total. The van der Waals surface area contributed by atoms with E-state index < -0.39 is 5.56 Å². The second-order valence-corrected chi connectivity index (χ2v) is 5.82. The van der Waals surface area contributed by atoms with E-state index in [9.17, 15) is 9.59 Å². The monoisotopic (exact) mass is 333 g/mol. The summed E-state index contributed by atoms with van der Waals surface area (Å²) in [5, 5.41) is 0. The number of para-hydroxylation sites is 1. The van der Waals surface area contributed by atoms with E-state index in [2.05, 4.69) is 9.97 Å². The van der Waals surface area contributed by atoms with Crippen LogP contribution in [0, 0.1) is 13.8 Å². The Kier molecular flexibility index (Phi) is 4.75. The predicted molar refractivity (Wildman–Crippen MR) is 97.7 cm³/mol. The molecule has 3 aromatic rings. The van der Waals surface area contributed by atoms with Crippen molar-refractivity contribution in [3.8, 4) is 0 Å². The van der Waals surface area contributed by atoms with Crippen molar-refractivity contribution < 1.29 is 4.79 Å². The molecule has 1 aromatic heterocycles. The van der Waals surface area contributed by atoms with Crippen molar-refractivity contribution in [3.63, 3.8) is 0 Å². The Morgan fingerprint density at radius 1 is 1.00 bits per heavy atom. The average Bonchev–Trinajstić information content (AvgIpc) is 2.60. The zero-order valence-electron chi connectivity index (χ0n) is 14.2. The second-order valence-electron chi connectivity index (χ2n) is 5.82. The first-order valence-corrected chi connectivity index (χ1v) is 8.04. The van der Waals surface area contributed by atoms with Gasteiger partial charge in [0.25, 0.3) is 11.5 Å². The molecule has 0 unspecified atom stereocenters. The minimum Gasteiger partial charge on any atom is -0.310 e. The van der Waals surface area contributed by atoms with E-state index in [1.807, 2.05) is 60.7 Å². The van der Waals surface area contributed by atoms with Gasteiger partial charge in [0.15, 0.2) is 0 Å². The first-order chi connectivity index (χ1) is 12.1. The fourth-order valence-corrected chi connectivity index (χ4v) is 2.77. The van der Waals surface area contributed by atoms with Gasteiger partial charge < -0.3 is 9.88 Å². The Morgan fingerprint density at radius 2 is 1.60 bits per heavy atom. The number of aromatic nitrogens is 2. The Labute approximate surface area is 146 Å². The normalized spacial score (nSPS) is 10.5. The van der Waals surface area contributed by atoms with Gasteiger partial charge in [0.2, 0.25) is 0 Å². The van der Waals surface area contributed by atoms with E-state index in [1.165, 1.54) is 0 Å². The molecule has 5 nitrogen and oxygen atoms in total. The van der Waals surface area contributed by atoms with Gasteiger partial charge in [0, 0.05) is 5.69 Å². The third-order valence-electron chi connectivity index (χ3n) is 3.93. The van der Waals surface area contributed by atoms with E-state index in [4.69, 9.17) is 0 Å². The third kappa shape index (κ3) is 3.66. The number of hydrogen-bond acceptors (Lipinski definition) is 3. The first kappa shape index (κ1) is 16.6. The fraction of sp³-hybridized carbons (Fsp3) is 0.150. The summed E-state index contributed by atoms with van der Waals surface area (Å²) in [5.74, 6) is 0.134. The lowest BCUT2D eigenvalue weighted by Gasteiger charge is -2.23. The number of carbonyl (C=O) groups excluding carboxylic acids is 1. The van der Waals surface area contributed by atoms with Gasteiger partial charge in [-0.2, -0.15) is 0 Å². The summed E-state index contributed by atoms with van der Waals surface area (Å²) < 4.78 is 0. The average molecular weight is 333 g/mol. The Hall–Kier alpha value is -3.21. The molecular weight excluding hydrogens is 314 g/mol. The molecule has 0 spiro atoms. The zero-order valence-corrected chi connectivity index (χ0v) is 14.2. The van der Waals surface area contributed by atoms with Gasteiger partial charge in [0.05, 0.1) is 12.2 Å². The summed E-state index contributed by atoms with van der Waals surface area (Å²) in [6.45, 7) is 3.75. The Morgan fingerprint density at radius 3 is 2.20 bits per heavy atom. The summed E-state index contributed by atoms with van der Waals surface area (Å²) in [4.78, 5) is 34.0. The number of hydrogen-bond donors (Lipinski definition) is 1. The summed E-state index contributed by atoms with van der Waals surface area (Å²) >= 11 is 0. The largest absolute Gasteiger partial charge is 0.310 e. The number of aromatic amines is 1. The SMILES string of the molecule is Cc1nc(C)c(C(=O)N(Cc2ccccc2)c2ccccc2)c(=O)[nH]1. The summed E-state index contributed by atoms with van der Waals surface area (Å²) in [6.07, 6.45) is 0. The molecule has 0 fully saturated rings. The highest BCUT2D eigenvalue weighted by atomic mass is 16.2.